The number of nitrogens with one attached hydrogen (secondary N) is 7. The van der Waals surface area contributed by atoms with E-state index < -0.39 is 127 Å². The van der Waals surface area contributed by atoms with Crippen molar-refractivity contribution >= 4 is 71.8 Å². The summed E-state index contributed by atoms with van der Waals surface area (Å²) >= 11 is 3.99. The first-order valence-electron chi connectivity index (χ1n) is 22.9. The van der Waals surface area contributed by atoms with Crippen LogP contribution in [0.1, 0.15) is 77.2 Å². The summed E-state index contributed by atoms with van der Waals surface area (Å²) in [4.78, 5) is 125. The van der Waals surface area contributed by atoms with E-state index in [0.717, 1.165) is 0 Å². The predicted molar refractivity (Wildman–Crippen MR) is 253 cm³/mol. The molecule has 2 aliphatic rings. The number of aliphatic carboxylic acids is 1. The van der Waals surface area contributed by atoms with Gasteiger partial charge in [-0.15, -0.1) is 0 Å². The number of fused-ring (bicyclic) bond motifs is 1. The van der Waals surface area contributed by atoms with E-state index in [1.54, 1.807) is 13.8 Å². The standard InChI is InChI=1S/C43H69N13O12S/c1-22(2)34(55-33(59)19-49-35(60)26(45)6-3-4-16-44)40(65)53-30(20-57)38(63)51-28-14-10-24-11-15-32(56(24)41(28)66)39(64)52-29(18-23-8-12-25(58)13-9-23)37(62)50-27(7-5-17-48-43(46)47)36(61)54-31(21-69)42(67)68/h8-9,12-13,22,24,26-32,34,57-58,69H,3-7,10-11,14-21,44-45H2,1-2H3,(H,49,60)(H,50,62)(H,51,63)(H,52,64)(H,53,65)(H,54,61)(H,55,59)(H,67,68)(H4,46,47,48)/t24?,26-,27-,28?,29-,30-,31-,32?,34-/m0/s1. The smallest absolute Gasteiger partial charge is 0.327 e. The number of hydrogen-bond acceptors (Lipinski definition) is 15. The van der Waals surface area contributed by atoms with Gasteiger partial charge in [-0.25, -0.2) is 4.79 Å². The van der Waals surface area contributed by atoms with Gasteiger partial charge in [-0.2, -0.15) is 12.6 Å². The number of phenols is 1. The number of rotatable bonds is 28. The molecule has 25 nitrogen and oxygen atoms in total. The first-order chi connectivity index (χ1) is 32.7. The van der Waals surface area contributed by atoms with Gasteiger partial charge in [-0.1, -0.05) is 32.4 Å². The second kappa shape index (κ2) is 28.3. The fourth-order valence-corrected chi connectivity index (χ4v) is 8.07. The largest absolute Gasteiger partial charge is 0.508 e. The number of nitrogens with zero attached hydrogens (tertiary/aromatic N) is 2. The summed E-state index contributed by atoms with van der Waals surface area (Å²) in [5.41, 5.74) is 22.7. The second-order valence-corrected chi connectivity index (χ2v) is 17.7. The highest BCUT2D eigenvalue weighted by Gasteiger charge is 2.47. The van der Waals surface area contributed by atoms with Gasteiger partial charge >= 0.3 is 5.97 Å². The van der Waals surface area contributed by atoms with Crippen molar-refractivity contribution in [2.45, 2.75) is 132 Å². The Balaban J connectivity index is 1.73. The lowest BCUT2D eigenvalue weighted by molar-refractivity contribution is -0.147. The van der Waals surface area contributed by atoms with Gasteiger partial charge in [-0.05, 0) is 81.5 Å². The van der Waals surface area contributed by atoms with E-state index in [4.69, 9.17) is 22.9 Å². The monoisotopic (exact) mass is 991 g/mol. The highest BCUT2D eigenvalue weighted by molar-refractivity contribution is 7.80. The molecule has 2 aliphatic heterocycles. The number of carboxylic acids is 1. The van der Waals surface area contributed by atoms with Gasteiger partial charge in [0.25, 0.3) is 0 Å². The van der Waals surface area contributed by atoms with Crippen molar-refractivity contribution in [3.05, 3.63) is 29.8 Å². The number of carbonyl (C=O) groups excluding carboxylic acids is 8. The maximum absolute atomic E-state index is 14.2. The fraction of sp³-hybridized carbons (Fsp3) is 0.628. The van der Waals surface area contributed by atoms with Crippen LogP contribution in [0.15, 0.2) is 29.3 Å². The maximum atomic E-state index is 14.2. The Hall–Kier alpha value is -6.25. The number of aliphatic imine (C=N–C) groups is 1. The van der Waals surface area contributed by atoms with Crippen molar-refractivity contribution in [2.24, 2.45) is 33.8 Å². The molecule has 3 unspecified atom stereocenters. The Morgan fingerprint density at radius 2 is 1.43 bits per heavy atom. The maximum Gasteiger partial charge on any atom is 0.327 e. The number of amides is 8. The van der Waals surface area contributed by atoms with E-state index in [-0.39, 0.29) is 56.1 Å². The number of aliphatic hydroxyl groups excluding tert-OH is 1. The van der Waals surface area contributed by atoms with Crippen molar-refractivity contribution in [3.63, 3.8) is 0 Å². The average Bonchev–Trinajstić information content (AvgIpc) is 3.75. The molecule has 2 saturated heterocycles. The number of carbonyl (C=O) groups is 9. The van der Waals surface area contributed by atoms with Crippen LogP contribution in [0.2, 0.25) is 0 Å². The third kappa shape index (κ3) is 18.0. The van der Waals surface area contributed by atoms with E-state index in [2.05, 4.69) is 54.8 Å². The van der Waals surface area contributed by atoms with Crippen LogP contribution < -0.4 is 60.2 Å². The van der Waals surface area contributed by atoms with Gasteiger partial charge in [0.2, 0.25) is 47.3 Å². The van der Waals surface area contributed by atoms with Crippen molar-refractivity contribution in [2.75, 3.05) is 32.0 Å². The van der Waals surface area contributed by atoms with E-state index in [1.807, 2.05) is 0 Å². The lowest BCUT2D eigenvalue weighted by Gasteiger charge is -2.38. The Morgan fingerprint density at radius 3 is 2.04 bits per heavy atom. The van der Waals surface area contributed by atoms with Gasteiger partial charge in [0.15, 0.2) is 5.96 Å². The molecule has 384 valence electrons. The normalized spacial score (nSPS) is 19.0. The molecule has 2 heterocycles. The number of benzene rings is 1. The number of phenolic OH excluding ortho intramolecular Hbond substituents is 1. The first-order valence-corrected chi connectivity index (χ1v) is 23.5. The van der Waals surface area contributed by atoms with Crippen LogP contribution in [0.5, 0.6) is 5.75 Å². The van der Waals surface area contributed by atoms with Crippen LogP contribution in [0.3, 0.4) is 0 Å². The molecule has 8 amide bonds. The Kier molecular flexibility index (Phi) is 23.4. The summed E-state index contributed by atoms with van der Waals surface area (Å²) in [6.07, 6.45) is 2.79. The Bertz CT molecular complexity index is 1990. The minimum atomic E-state index is -1.56. The molecule has 69 heavy (non-hydrogen) atoms. The summed E-state index contributed by atoms with van der Waals surface area (Å²) in [5, 5.41) is 47.1. The van der Waals surface area contributed by atoms with Gasteiger partial charge in [0.1, 0.15) is 48.0 Å². The lowest BCUT2D eigenvalue weighted by Crippen LogP contribution is -2.63. The predicted octanol–water partition coefficient (Wildman–Crippen LogP) is -4.71. The third-order valence-corrected chi connectivity index (χ3v) is 12.0. The second-order valence-electron chi connectivity index (χ2n) is 17.3. The lowest BCUT2D eigenvalue weighted by atomic mass is 9.97. The molecular formula is C43H69N13O12S. The highest BCUT2D eigenvalue weighted by Crippen LogP contribution is 2.33. The minimum Gasteiger partial charge on any atom is -0.508 e. The van der Waals surface area contributed by atoms with E-state index in [1.165, 1.54) is 29.2 Å². The van der Waals surface area contributed by atoms with Crippen LogP contribution >= 0.6 is 12.6 Å². The SMILES string of the molecule is CC(C)[C@H](NC(=O)CNC(=O)[C@@H](N)CCCCN)C(=O)N[C@@H](CO)C(=O)NC1CCC2CCC(C(=O)N[C@@H](Cc3ccc(O)cc3)C(=O)N[C@@H](CCCN=C(N)N)C(=O)N[C@@H](CS)C(=O)O)N2C1=O. The van der Waals surface area contributed by atoms with Crippen LogP contribution in [0.4, 0.5) is 0 Å². The summed E-state index contributed by atoms with van der Waals surface area (Å²) in [5.74, 6) is -8.44. The number of aliphatic hydroxyl groups is 1. The third-order valence-electron chi connectivity index (χ3n) is 11.7. The number of nitrogens with two attached hydrogens (primary N) is 4. The van der Waals surface area contributed by atoms with Crippen LogP contribution in [-0.4, -0.2) is 166 Å². The average molecular weight is 992 g/mol. The zero-order valence-electron chi connectivity index (χ0n) is 38.9. The molecule has 2 fully saturated rings. The number of hydrogen-bond donors (Lipinski definition) is 15. The van der Waals surface area contributed by atoms with Gasteiger partial charge in [0.05, 0.1) is 19.2 Å². The molecule has 0 bridgehead atoms. The molecule has 0 radical (unpaired) electrons. The summed E-state index contributed by atoms with van der Waals surface area (Å²) in [6, 6.07) is -4.60. The molecule has 3 rings (SSSR count). The zero-order chi connectivity index (χ0) is 51.4. The van der Waals surface area contributed by atoms with Crippen LogP contribution in [0, 0.1) is 5.92 Å². The van der Waals surface area contributed by atoms with Gasteiger partial charge in [-0.3, -0.25) is 43.3 Å². The van der Waals surface area contributed by atoms with Crippen molar-refractivity contribution in [3.8, 4) is 5.75 Å². The summed E-state index contributed by atoms with van der Waals surface area (Å²) in [6.45, 7) is 2.41. The van der Waals surface area contributed by atoms with E-state index in [9.17, 15) is 58.5 Å². The summed E-state index contributed by atoms with van der Waals surface area (Å²) < 4.78 is 0. The molecule has 0 aromatic heterocycles. The number of guanidine groups is 1. The van der Waals surface area contributed by atoms with Gasteiger partial charge < -0.3 is 80.4 Å². The topological polar surface area (TPSA) is 418 Å². The molecule has 1 aromatic rings. The van der Waals surface area contributed by atoms with Crippen LogP contribution in [0.25, 0.3) is 0 Å². The van der Waals surface area contributed by atoms with Crippen molar-refractivity contribution < 1.29 is 58.5 Å². The molecule has 26 heteroatoms. The number of piperidine rings is 1. The first kappa shape index (κ1) is 57.1. The number of thiol groups is 1. The van der Waals surface area contributed by atoms with E-state index in [0.29, 0.717) is 44.2 Å². The van der Waals surface area contributed by atoms with Crippen molar-refractivity contribution in [1.82, 2.24) is 42.1 Å². The highest BCUT2D eigenvalue weighted by atomic mass is 32.1. The quantitative estimate of drug-likeness (QED) is 0.0162. The van der Waals surface area contributed by atoms with Gasteiger partial charge in [0, 0.05) is 24.8 Å². The number of carboxylic acid groups (broad SMARTS) is 1. The Labute approximate surface area is 405 Å². The number of unbranched alkanes of at least 4 members (excludes halogenated alkanes) is 1. The molecule has 1 aromatic carbocycles. The molecule has 0 aliphatic carbocycles. The molecule has 9 atom stereocenters. The summed E-state index contributed by atoms with van der Waals surface area (Å²) in [7, 11) is 0. The fourth-order valence-electron chi connectivity index (χ4n) is 7.83. The zero-order valence-corrected chi connectivity index (χ0v) is 39.8. The van der Waals surface area contributed by atoms with E-state index >= 15 is 0 Å². The molecular weight excluding hydrogens is 923 g/mol. The molecule has 0 saturated carbocycles. The molecule has 18 N–H and O–H groups in total. The number of aromatic hydroxyl groups is 1. The minimum absolute atomic E-state index is 0.0455. The molecule has 0 spiro atoms. The van der Waals surface area contributed by atoms with Crippen molar-refractivity contribution in [1.29, 1.82) is 0 Å². The Morgan fingerprint density at radius 1 is 0.797 bits per heavy atom. The van der Waals surface area contributed by atoms with Crippen LogP contribution in [-0.2, 0) is 49.6 Å².